The van der Waals surface area contributed by atoms with Crippen LogP contribution in [0.5, 0.6) is 0 Å². The number of nitro benzene ring substituents is 1. The average molecular weight is 395 g/mol. The van der Waals surface area contributed by atoms with E-state index in [-0.39, 0.29) is 12.2 Å². The van der Waals surface area contributed by atoms with Gasteiger partial charge in [-0.05, 0) is 29.8 Å². The van der Waals surface area contributed by atoms with Crippen LogP contribution in [0.1, 0.15) is 5.56 Å². The van der Waals surface area contributed by atoms with Crippen LogP contribution >= 0.6 is 0 Å². The number of anilines is 1. The Morgan fingerprint density at radius 2 is 1.83 bits per heavy atom. The standard InChI is InChI=1S/C23H17N5O2/c24-15-18(14-17-8-2-1-3-9-17)16-25-23-22(26-21-12-6-7-13-27(21)23)19-10-4-5-11-20(19)28(29)30/h1-14,25H,16H2/b18-14+. The Morgan fingerprint density at radius 3 is 2.60 bits per heavy atom. The molecule has 0 aliphatic rings. The minimum absolute atomic E-state index is 0.0238. The van der Waals surface area contributed by atoms with Crippen LogP contribution in [0.3, 0.4) is 0 Å². The van der Waals surface area contributed by atoms with Crippen molar-refractivity contribution in [1.82, 2.24) is 9.38 Å². The number of hydrogen-bond donors (Lipinski definition) is 1. The monoisotopic (exact) mass is 395 g/mol. The van der Waals surface area contributed by atoms with Crippen LogP contribution in [0, 0.1) is 21.4 Å². The first kappa shape index (κ1) is 18.9. The fourth-order valence-corrected chi connectivity index (χ4v) is 3.24. The molecule has 4 rings (SSSR count). The van der Waals surface area contributed by atoms with Gasteiger partial charge in [-0.15, -0.1) is 0 Å². The van der Waals surface area contributed by atoms with Crippen LogP contribution in [-0.4, -0.2) is 20.9 Å². The number of benzene rings is 2. The summed E-state index contributed by atoms with van der Waals surface area (Å²) in [6, 6.07) is 23.8. The highest BCUT2D eigenvalue weighted by molar-refractivity contribution is 5.82. The molecule has 4 aromatic rings. The molecule has 7 nitrogen and oxygen atoms in total. The molecule has 2 heterocycles. The topological polar surface area (TPSA) is 96.3 Å². The molecule has 0 aliphatic carbocycles. The zero-order chi connectivity index (χ0) is 20.9. The van der Waals surface area contributed by atoms with Crippen molar-refractivity contribution in [3.63, 3.8) is 0 Å². The lowest BCUT2D eigenvalue weighted by atomic mass is 10.1. The molecule has 30 heavy (non-hydrogen) atoms. The first-order chi connectivity index (χ1) is 14.7. The van der Waals surface area contributed by atoms with E-state index in [1.807, 2.05) is 59.1 Å². The van der Waals surface area contributed by atoms with Gasteiger partial charge < -0.3 is 5.32 Å². The predicted octanol–water partition coefficient (Wildman–Crippen LogP) is 4.93. The molecule has 2 aromatic heterocycles. The Balaban J connectivity index is 1.76. The van der Waals surface area contributed by atoms with Crippen LogP contribution in [0.2, 0.25) is 0 Å². The number of para-hydroxylation sites is 1. The molecular weight excluding hydrogens is 378 g/mol. The number of fused-ring (bicyclic) bond motifs is 1. The third-order valence-electron chi connectivity index (χ3n) is 4.62. The highest BCUT2D eigenvalue weighted by atomic mass is 16.6. The molecule has 0 saturated heterocycles. The van der Waals surface area contributed by atoms with E-state index in [4.69, 9.17) is 0 Å². The van der Waals surface area contributed by atoms with Crippen molar-refractivity contribution >= 4 is 23.2 Å². The molecule has 2 aromatic carbocycles. The summed E-state index contributed by atoms with van der Waals surface area (Å²) in [6.07, 6.45) is 3.64. The molecule has 0 amide bonds. The van der Waals surface area contributed by atoms with Gasteiger partial charge in [0.25, 0.3) is 5.69 Å². The van der Waals surface area contributed by atoms with Crippen LogP contribution in [0.25, 0.3) is 23.0 Å². The lowest BCUT2D eigenvalue weighted by molar-refractivity contribution is -0.384. The molecule has 0 unspecified atom stereocenters. The molecule has 0 bridgehead atoms. The Morgan fingerprint density at radius 1 is 1.10 bits per heavy atom. The minimum Gasteiger partial charge on any atom is -0.365 e. The van der Waals surface area contributed by atoms with Gasteiger partial charge in [0.2, 0.25) is 0 Å². The highest BCUT2D eigenvalue weighted by Gasteiger charge is 2.21. The van der Waals surface area contributed by atoms with Crippen LogP contribution < -0.4 is 5.32 Å². The number of nitro groups is 1. The predicted molar refractivity (Wildman–Crippen MR) is 116 cm³/mol. The number of hydrogen-bond acceptors (Lipinski definition) is 5. The number of aromatic nitrogens is 2. The Bertz CT molecular complexity index is 1290. The van der Waals surface area contributed by atoms with Crippen molar-refractivity contribution in [3.05, 3.63) is 100 Å². The second-order valence-corrected chi connectivity index (χ2v) is 6.56. The lowest BCUT2D eigenvalue weighted by Gasteiger charge is -2.09. The fraction of sp³-hybridized carbons (Fsp3) is 0.0435. The van der Waals surface area contributed by atoms with E-state index in [2.05, 4.69) is 16.4 Å². The smallest absolute Gasteiger partial charge is 0.278 e. The van der Waals surface area contributed by atoms with Gasteiger partial charge in [-0.3, -0.25) is 14.5 Å². The van der Waals surface area contributed by atoms with Crippen molar-refractivity contribution in [1.29, 1.82) is 5.26 Å². The summed E-state index contributed by atoms with van der Waals surface area (Å²) in [5.41, 5.74) is 2.96. The molecule has 0 saturated carbocycles. The first-order valence-corrected chi connectivity index (χ1v) is 9.28. The normalized spacial score (nSPS) is 11.2. The maximum atomic E-state index is 11.5. The van der Waals surface area contributed by atoms with E-state index in [0.717, 1.165) is 5.56 Å². The number of nitrogens with zero attached hydrogens (tertiary/aromatic N) is 4. The maximum absolute atomic E-state index is 11.5. The Kier molecular flexibility index (Phi) is 5.22. The quantitative estimate of drug-likeness (QED) is 0.284. The van der Waals surface area contributed by atoms with Gasteiger partial charge in [-0.2, -0.15) is 5.26 Å². The number of nitrogens with one attached hydrogen (secondary N) is 1. The first-order valence-electron chi connectivity index (χ1n) is 9.28. The lowest BCUT2D eigenvalue weighted by Crippen LogP contribution is -2.07. The minimum atomic E-state index is -0.418. The summed E-state index contributed by atoms with van der Waals surface area (Å²) in [5.74, 6) is 0.592. The van der Waals surface area contributed by atoms with Crippen molar-refractivity contribution in [2.45, 2.75) is 0 Å². The summed E-state index contributed by atoms with van der Waals surface area (Å²) in [7, 11) is 0. The third kappa shape index (κ3) is 3.75. The maximum Gasteiger partial charge on any atom is 0.278 e. The van der Waals surface area contributed by atoms with E-state index < -0.39 is 4.92 Å². The fourth-order valence-electron chi connectivity index (χ4n) is 3.24. The third-order valence-corrected chi connectivity index (χ3v) is 4.62. The SMILES string of the molecule is N#C/C(=C\c1ccccc1)CNc1c(-c2ccccc2[N+](=O)[O-])nc2ccccn12. The number of imidazole rings is 1. The van der Waals surface area contributed by atoms with E-state index in [9.17, 15) is 15.4 Å². The van der Waals surface area contributed by atoms with E-state index in [1.165, 1.54) is 6.07 Å². The number of rotatable bonds is 6. The molecule has 0 aliphatic heterocycles. The van der Waals surface area contributed by atoms with Crippen LogP contribution in [0.4, 0.5) is 11.5 Å². The van der Waals surface area contributed by atoms with Crippen molar-refractivity contribution in [2.75, 3.05) is 11.9 Å². The molecule has 0 fully saturated rings. The summed E-state index contributed by atoms with van der Waals surface area (Å²) < 4.78 is 1.82. The average Bonchev–Trinajstić information content (AvgIpc) is 3.15. The van der Waals surface area contributed by atoms with Crippen LogP contribution in [0.15, 0.2) is 84.6 Å². The second kappa shape index (κ2) is 8.29. The zero-order valence-corrected chi connectivity index (χ0v) is 15.9. The molecule has 1 N–H and O–H groups in total. The van der Waals surface area contributed by atoms with Crippen molar-refractivity contribution < 1.29 is 4.92 Å². The molecule has 0 spiro atoms. The van der Waals surface area contributed by atoms with E-state index >= 15 is 0 Å². The highest BCUT2D eigenvalue weighted by Crippen LogP contribution is 2.34. The van der Waals surface area contributed by atoms with Gasteiger partial charge in [0, 0.05) is 17.8 Å². The Hall–Kier alpha value is -4.44. The van der Waals surface area contributed by atoms with Crippen LogP contribution in [-0.2, 0) is 0 Å². The summed E-state index contributed by atoms with van der Waals surface area (Å²) in [6.45, 7) is 0.252. The van der Waals surface area contributed by atoms with Crippen molar-refractivity contribution in [2.24, 2.45) is 0 Å². The molecular formula is C23H17N5O2. The van der Waals surface area contributed by atoms with Crippen molar-refractivity contribution in [3.8, 4) is 17.3 Å². The van der Waals surface area contributed by atoms with E-state index in [1.54, 1.807) is 24.3 Å². The van der Waals surface area contributed by atoms with E-state index in [0.29, 0.717) is 28.3 Å². The molecule has 146 valence electrons. The summed E-state index contributed by atoms with van der Waals surface area (Å²) in [5, 5.41) is 24.4. The van der Waals surface area contributed by atoms with Gasteiger partial charge >= 0.3 is 0 Å². The summed E-state index contributed by atoms with van der Waals surface area (Å²) in [4.78, 5) is 15.7. The molecule has 0 radical (unpaired) electrons. The summed E-state index contributed by atoms with van der Waals surface area (Å²) >= 11 is 0. The molecule has 0 atom stereocenters. The zero-order valence-electron chi connectivity index (χ0n) is 15.9. The van der Waals surface area contributed by atoms with Gasteiger partial charge in [0.15, 0.2) is 0 Å². The van der Waals surface area contributed by atoms with Gasteiger partial charge in [-0.1, -0.05) is 48.5 Å². The van der Waals surface area contributed by atoms with Gasteiger partial charge in [-0.25, -0.2) is 4.98 Å². The largest absolute Gasteiger partial charge is 0.365 e. The second-order valence-electron chi connectivity index (χ2n) is 6.56. The van der Waals surface area contributed by atoms with Gasteiger partial charge in [0.05, 0.1) is 23.1 Å². The Labute approximate surface area is 172 Å². The number of nitriles is 1. The molecule has 7 heteroatoms. The van der Waals surface area contributed by atoms with Gasteiger partial charge in [0.1, 0.15) is 17.2 Å². The number of pyridine rings is 1.